The Morgan fingerprint density at radius 3 is 2.74 bits per heavy atom. The largest absolute Gasteiger partial charge is 0.465 e. The highest BCUT2D eigenvalue weighted by Gasteiger charge is 2.27. The highest BCUT2D eigenvalue weighted by Crippen LogP contribution is 2.24. The number of carboxylic acid groups (broad SMARTS) is 1. The molecule has 0 spiro atoms. The minimum atomic E-state index is -1.12. The van der Waals surface area contributed by atoms with Crippen molar-refractivity contribution in [1.29, 1.82) is 0 Å². The minimum Gasteiger partial charge on any atom is -0.465 e. The van der Waals surface area contributed by atoms with E-state index in [1.165, 1.54) is 0 Å². The van der Waals surface area contributed by atoms with Crippen molar-refractivity contribution in [3.8, 4) is 0 Å². The monoisotopic (exact) mass is 340 g/mol. The number of carbonyl (C=O) groups excluding carboxylic acids is 1. The molecule has 1 aromatic rings. The van der Waals surface area contributed by atoms with E-state index in [9.17, 15) is 9.59 Å². The van der Waals surface area contributed by atoms with E-state index in [1.807, 2.05) is 12.1 Å². The molecular weight excluding hydrogens is 320 g/mol. The SMILES string of the molecule is NC(CN(CC=O)C(=O)O)C1CCN(c2ccc(Cl)cn2)CC1. The summed E-state index contributed by atoms with van der Waals surface area (Å²) in [5.74, 6) is 1.11. The first kappa shape index (κ1) is 17.5. The van der Waals surface area contributed by atoms with Crippen LogP contribution in [0, 0.1) is 5.92 Å². The molecule has 126 valence electrons. The van der Waals surface area contributed by atoms with Gasteiger partial charge in [0.25, 0.3) is 0 Å². The van der Waals surface area contributed by atoms with Crippen LogP contribution in [-0.2, 0) is 4.79 Å². The highest BCUT2D eigenvalue weighted by molar-refractivity contribution is 6.30. The second-order valence-corrected chi connectivity index (χ2v) is 6.11. The van der Waals surface area contributed by atoms with Gasteiger partial charge < -0.3 is 20.5 Å². The van der Waals surface area contributed by atoms with E-state index in [1.54, 1.807) is 6.20 Å². The molecule has 0 saturated carbocycles. The van der Waals surface area contributed by atoms with Gasteiger partial charge in [-0.05, 0) is 30.9 Å². The normalized spacial score (nSPS) is 16.9. The van der Waals surface area contributed by atoms with Crippen LogP contribution < -0.4 is 10.6 Å². The first-order valence-corrected chi connectivity index (χ1v) is 7.92. The molecule has 1 amide bonds. The Bertz CT molecular complexity index is 532. The van der Waals surface area contributed by atoms with Gasteiger partial charge in [-0.15, -0.1) is 0 Å². The molecule has 8 heteroatoms. The number of halogens is 1. The topological polar surface area (TPSA) is 99.8 Å². The smallest absolute Gasteiger partial charge is 0.407 e. The van der Waals surface area contributed by atoms with Crippen molar-refractivity contribution >= 4 is 29.8 Å². The molecule has 1 fully saturated rings. The number of aromatic nitrogens is 1. The van der Waals surface area contributed by atoms with Gasteiger partial charge in [-0.3, -0.25) is 4.90 Å². The van der Waals surface area contributed by atoms with Crippen molar-refractivity contribution in [2.45, 2.75) is 18.9 Å². The summed E-state index contributed by atoms with van der Waals surface area (Å²) in [6, 6.07) is 3.43. The maximum Gasteiger partial charge on any atom is 0.407 e. The van der Waals surface area contributed by atoms with Crippen molar-refractivity contribution in [1.82, 2.24) is 9.88 Å². The third kappa shape index (κ3) is 4.80. The number of aldehydes is 1. The van der Waals surface area contributed by atoms with Gasteiger partial charge in [0.05, 0.1) is 11.6 Å². The summed E-state index contributed by atoms with van der Waals surface area (Å²) in [4.78, 5) is 29.1. The number of amides is 1. The third-order valence-corrected chi connectivity index (χ3v) is 4.40. The highest BCUT2D eigenvalue weighted by atomic mass is 35.5. The van der Waals surface area contributed by atoms with E-state index < -0.39 is 6.09 Å². The first-order chi connectivity index (χ1) is 11.0. The van der Waals surface area contributed by atoms with Crippen LogP contribution in [0.25, 0.3) is 0 Å². The lowest BCUT2D eigenvalue weighted by Gasteiger charge is -2.36. The van der Waals surface area contributed by atoms with E-state index in [-0.39, 0.29) is 25.0 Å². The number of hydrogen-bond donors (Lipinski definition) is 2. The Kier molecular flexibility index (Phi) is 6.18. The van der Waals surface area contributed by atoms with Gasteiger partial charge in [0.2, 0.25) is 0 Å². The maximum atomic E-state index is 11.1. The van der Waals surface area contributed by atoms with Crippen molar-refractivity contribution in [2.24, 2.45) is 11.7 Å². The quantitative estimate of drug-likeness (QED) is 0.760. The van der Waals surface area contributed by atoms with Gasteiger partial charge in [-0.25, -0.2) is 9.78 Å². The molecule has 1 atom stereocenters. The number of carbonyl (C=O) groups is 2. The van der Waals surface area contributed by atoms with Crippen molar-refractivity contribution in [2.75, 3.05) is 31.1 Å². The summed E-state index contributed by atoms with van der Waals surface area (Å²) in [7, 11) is 0. The summed E-state index contributed by atoms with van der Waals surface area (Å²) < 4.78 is 0. The van der Waals surface area contributed by atoms with E-state index >= 15 is 0 Å². The molecule has 1 aliphatic heterocycles. The lowest BCUT2D eigenvalue weighted by atomic mass is 9.89. The molecule has 7 nitrogen and oxygen atoms in total. The third-order valence-electron chi connectivity index (χ3n) is 4.18. The van der Waals surface area contributed by atoms with Gasteiger partial charge in [-0.1, -0.05) is 11.6 Å². The molecular formula is C15H21ClN4O3. The number of hydrogen-bond acceptors (Lipinski definition) is 5. The molecule has 23 heavy (non-hydrogen) atoms. The van der Waals surface area contributed by atoms with Crippen molar-refractivity contribution < 1.29 is 14.7 Å². The predicted octanol–water partition coefficient (Wildman–Crippen LogP) is 1.46. The predicted molar refractivity (Wildman–Crippen MR) is 87.8 cm³/mol. The van der Waals surface area contributed by atoms with Crippen LogP contribution in [0.5, 0.6) is 0 Å². The van der Waals surface area contributed by atoms with Gasteiger partial charge >= 0.3 is 6.09 Å². The number of nitrogens with two attached hydrogens (primary N) is 1. The molecule has 2 rings (SSSR count). The second-order valence-electron chi connectivity index (χ2n) is 5.68. The van der Waals surface area contributed by atoms with Crippen molar-refractivity contribution in [3.63, 3.8) is 0 Å². The molecule has 2 heterocycles. The fourth-order valence-corrected chi connectivity index (χ4v) is 2.95. The second kappa shape index (κ2) is 8.12. The van der Waals surface area contributed by atoms with Crippen LogP contribution in [0.1, 0.15) is 12.8 Å². The lowest BCUT2D eigenvalue weighted by Crippen LogP contribution is -2.48. The van der Waals surface area contributed by atoms with E-state index in [0.29, 0.717) is 11.3 Å². The zero-order valence-corrected chi connectivity index (χ0v) is 13.5. The Labute approximate surface area is 140 Å². The zero-order valence-electron chi connectivity index (χ0n) is 12.8. The van der Waals surface area contributed by atoms with E-state index in [4.69, 9.17) is 22.4 Å². The van der Waals surface area contributed by atoms with Crippen LogP contribution >= 0.6 is 11.6 Å². The standard InChI is InChI=1S/C15H21ClN4O3/c16-12-1-2-14(18-9-12)19-5-3-11(4-6-19)13(17)10-20(7-8-21)15(22)23/h1-2,8-9,11,13H,3-7,10,17H2,(H,22,23). The molecule has 1 aliphatic rings. The van der Waals surface area contributed by atoms with Gasteiger partial charge in [0, 0.05) is 31.9 Å². The number of piperidine rings is 1. The molecule has 1 aromatic heterocycles. The van der Waals surface area contributed by atoms with Gasteiger partial charge in [0.15, 0.2) is 0 Å². The number of pyridine rings is 1. The van der Waals surface area contributed by atoms with Crippen LogP contribution in [0.4, 0.5) is 10.6 Å². The fourth-order valence-electron chi connectivity index (χ4n) is 2.84. The maximum absolute atomic E-state index is 11.1. The molecule has 0 aromatic carbocycles. The molecule has 0 radical (unpaired) electrons. The Morgan fingerprint density at radius 1 is 1.52 bits per heavy atom. The van der Waals surface area contributed by atoms with Crippen LogP contribution in [-0.4, -0.2) is 59.6 Å². The zero-order chi connectivity index (χ0) is 16.8. The fraction of sp³-hybridized carbons (Fsp3) is 0.533. The van der Waals surface area contributed by atoms with E-state index in [2.05, 4.69) is 9.88 Å². The summed E-state index contributed by atoms with van der Waals surface area (Å²) in [6.07, 6.45) is 2.81. The number of rotatable bonds is 6. The molecule has 3 N–H and O–H groups in total. The Morgan fingerprint density at radius 2 is 2.22 bits per heavy atom. The number of nitrogens with zero attached hydrogens (tertiary/aromatic N) is 3. The van der Waals surface area contributed by atoms with Crippen LogP contribution in [0.2, 0.25) is 5.02 Å². The summed E-state index contributed by atoms with van der Waals surface area (Å²) in [5.41, 5.74) is 6.15. The summed E-state index contributed by atoms with van der Waals surface area (Å²) >= 11 is 5.84. The summed E-state index contributed by atoms with van der Waals surface area (Å²) in [5, 5.41) is 9.66. The minimum absolute atomic E-state index is 0.142. The summed E-state index contributed by atoms with van der Waals surface area (Å²) in [6.45, 7) is 1.66. The molecule has 1 unspecified atom stereocenters. The van der Waals surface area contributed by atoms with E-state index in [0.717, 1.165) is 36.6 Å². The van der Waals surface area contributed by atoms with Crippen molar-refractivity contribution in [3.05, 3.63) is 23.4 Å². The van der Waals surface area contributed by atoms with Crippen LogP contribution in [0.15, 0.2) is 18.3 Å². The van der Waals surface area contributed by atoms with Crippen LogP contribution in [0.3, 0.4) is 0 Å². The van der Waals surface area contributed by atoms with Gasteiger partial charge in [0.1, 0.15) is 12.1 Å². The molecule has 1 saturated heterocycles. The average molecular weight is 341 g/mol. The molecule has 0 bridgehead atoms. The first-order valence-electron chi connectivity index (χ1n) is 7.55. The number of anilines is 1. The average Bonchev–Trinajstić information content (AvgIpc) is 2.55. The Hall–Kier alpha value is -1.86. The lowest BCUT2D eigenvalue weighted by molar-refractivity contribution is -0.108. The van der Waals surface area contributed by atoms with Gasteiger partial charge in [-0.2, -0.15) is 0 Å². The Balaban J connectivity index is 1.86. The molecule has 0 aliphatic carbocycles.